The minimum Gasteiger partial charge on any atom is -0.482 e. The molecular formula is C14H15N3O3. The van der Waals surface area contributed by atoms with Crippen molar-refractivity contribution in [1.82, 2.24) is 10.3 Å². The van der Waals surface area contributed by atoms with E-state index in [1.165, 1.54) is 0 Å². The summed E-state index contributed by atoms with van der Waals surface area (Å²) in [6.45, 7) is 1.70. The zero-order valence-electron chi connectivity index (χ0n) is 10.9. The fourth-order valence-electron chi connectivity index (χ4n) is 2.50. The predicted octanol–water partition coefficient (Wildman–Crippen LogP) is 2.27. The van der Waals surface area contributed by atoms with Gasteiger partial charge in [0, 0.05) is 12.7 Å². The normalized spacial score (nSPS) is 18.9. The van der Waals surface area contributed by atoms with Crippen molar-refractivity contribution >= 4 is 16.6 Å². The number of benzene rings is 1. The first-order chi connectivity index (χ1) is 9.75. The number of rotatable bonds is 3. The van der Waals surface area contributed by atoms with Crippen molar-refractivity contribution in [3.63, 3.8) is 0 Å². The van der Waals surface area contributed by atoms with Crippen LogP contribution in [0.2, 0.25) is 0 Å². The molecule has 1 aliphatic heterocycles. The molecule has 1 aromatic heterocycles. The fraction of sp³-hybridized carbons (Fsp3) is 0.357. The van der Waals surface area contributed by atoms with E-state index in [1.807, 2.05) is 0 Å². The molecule has 0 radical (unpaired) electrons. The van der Waals surface area contributed by atoms with Gasteiger partial charge in [-0.2, -0.15) is 0 Å². The van der Waals surface area contributed by atoms with Crippen molar-refractivity contribution in [2.45, 2.75) is 18.9 Å². The number of aromatic nitrogens is 1. The molecule has 1 fully saturated rings. The van der Waals surface area contributed by atoms with Crippen molar-refractivity contribution in [2.24, 2.45) is 0 Å². The number of hydrogen-bond acceptors (Lipinski definition) is 5. The maximum absolute atomic E-state index is 11.4. The largest absolute Gasteiger partial charge is 0.482 e. The Morgan fingerprint density at radius 1 is 1.40 bits per heavy atom. The average molecular weight is 273 g/mol. The van der Waals surface area contributed by atoms with E-state index in [2.05, 4.69) is 10.3 Å². The molecule has 1 unspecified atom stereocenters. The van der Waals surface area contributed by atoms with Crippen molar-refractivity contribution in [3.05, 3.63) is 40.6 Å². The zero-order chi connectivity index (χ0) is 13.9. The van der Waals surface area contributed by atoms with E-state index in [4.69, 9.17) is 4.74 Å². The summed E-state index contributed by atoms with van der Waals surface area (Å²) in [6, 6.07) is 6.80. The first-order valence-corrected chi connectivity index (χ1v) is 6.65. The third-order valence-electron chi connectivity index (χ3n) is 3.45. The quantitative estimate of drug-likeness (QED) is 0.685. The fourth-order valence-corrected chi connectivity index (χ4v) is 2.50. The van der Waals surface area contributed by atoms with Crippen molar-refractivity contribution in [1.29, 1.82) is 0 Å². The smallest absolute Gasteiger partial charge is 0.320 e. The van der Waals surface area contributed by atoms with Gasteiger partial charge in [0.25, 0.3) is 0 Å². The van der Waals surface area contributed by atoms with E-state index >= 15 is 0 Å². The molecule has 1 N–H and O–H groups in total. The monoisotopic (exact) mass is 273 g/mol. The van der Waals surface area contributed by atoms with E-state index in [0.29, 0.717) is 16.7 Å². The Bertz CT molecular complexity index is 639. The summed E-state index contributed by atoms with van der Waals surface area (Å²) in [4.78, 5) is 15.1. The molecule has 2 heterocycles. The van der Waals surface area contributed by atoms with Crippen molar-refractivity contribution in [3.8, 4) is 5.75 Å². The SMILES string of the molecule is O=[N+]([O-])c1c(OC2CCCNC2)ccc2ncccc12. The van der Waals surface area contributed by atoms with E-state index in [9.17, 15) is 10.1 Å². The molecule has 1 saturated heterocycles. The lowest BCUT2D eigenvalue weighted by Gasteiger charge is -2.23. The second-order valence-corrected chi connectivity index (χ2v) is 4.83. The van der Waals surface area contributed by atoms with Crippen LogP contribution in [-0.4, -0.2) is 29.1 Å². The first-order valence-electron chi connectivity index (χ1n) is 6.65. The second kappa shape index (κ2) is 5.42. The van der Waals surface area contributed by atoms with Gasteiger partial charge in [-0.05, 0) is 43.7 Å². The van der Waals surface area contributed by atoms with Gasteiger partial charge in [0.05, 0.1) is 15.8 Å². The molecule has 6 nitrogen and oxygen atoms in total. The van der Waals surface area contributed by atoms with Gasteiger partial charge in [0.2, 0.25) is 0 Å². The highest BCUT2D eigenvalue weighted by Gasteiger charge is 2.23. The van der Waals surface area contributed by atoms with Crippen LogP contribution < -0.4 is 10.1 Å². The molecule has 0 bridgehead atoms. The maximum atomic E-state index is 11.4. The molecule has 0 saturated carbocycles. The van der Waals surface area contributed by atoms with Crippen LogP contribution in [0.5, 0.6) is 5.75 Å². The molecule has 0 amide bonds. The minimum atomic E-state index is -0.393. The summed E-state index contributed by atoms with van der Waals surface area (Å²) < 4.78 is 5.82. The summed E-state index contributed by atoms with van der Waals surface area (Å²) in [6.07, 6.45) is 3.54. The van der Waals surface area contributed by atoms with Crippen LogP contribution in [0, 0.1) is 10.1 Å². The number of nitro groups is 1. The Morgan fingerprint density at radius 3 is 3.05 bits per heavy atom. The number of piperidine rings is 1. The Hall–Kier alpha value is -2.21. The predicted molar refractivity (Wildman–Crippen MR) is 74.9 cm³/mol. The van der Waals surface area contributed by atoms with Gasteiger partial charge in [-0.25, -0.2) is 0 Å². The second-order valence-electron chi connectivity index (χ2n) is 4.83. The van der Waals surface area contributed by atoms with E-state index in [-0.39, 0.29) is 11.8 Å². The molecule has 6 heteroatoms. The molecule has 2 aromatic rings. The highest BCUT2D eigenvalue weighted by molar-refractivity contribution is 5.90. The van der Waals surface area contributed by atoms with Gasteiger partial charge in [-0.1, -0.05) is 0 Å². The number of hydrogen-bond donors (Lipinski definition) is 1. The lowest BCUT2D eigenvalue weighted by Crippen LogP contribution is -2.37. The average Bonchev–Trinajstić information content (AvgIpc) is 2.47. The van der Waals surface area contributed by atoms with Gasteiger partial charge < -0.3 is 10.1 Å². The summed E-state index contributed by atoms with van der Waals surface area (Å²) >= 11 is 0. The molecular weight excluding hydrogens is 258 g/mol. The van der Waals surface area contributed by atoms with Gasteiger partial charge in [-0.15, -0.1) is 0 Å². The Morgan fingerprint density at radius 2 is 2.30 bits per heavy atom. The number of nitro benzene ring substituents is 1. The number of ether oxygens (including phenoxy) is 1. The summed E-state index contributed by atoms with van der Waals surface area (Å²) in [5.41, 5.74) is 0.606. The molecule has 1 atom stereocenters. The number of nitrogens with zero attached hydrogens (tertiary/aromatic N) is 2. The van der Waals surface area contributed by atoms with Crippen LogP contribution in [0.3, 0.4) is 0 Å². The molecule has 0 spiro atoms. The van der Waals surface area contributed by atoms with Crippen molar-refractivity contribution in [2.75, 3.05) is 13.1 Å². The van der Waals surface area contributed by atoms with Crippen LogP contribution in [-0.2, 0) is 0 Å². The van der Waals surface area contributed by atoms with Crippen molar-refractivity contribution < 1.29 is 9.66 Å². The van der Waals surface area contributed by atoms with Crippen LogP contribution >= 0.6 is 0 Å². The summed E-state index contributed by atoms with van der Waals surface area (Å²) in [5, 5.41) is 15.1. The molecule has 104 valence electrons. The standard InChI is InChI=1S/C14H15N3O3/c18-17(19)14-11-4-2-8-16-12(11)5-6-13(14)20-10-3-1-7-15-9-10/h2,4-6,8,10,15H,1,3,7,9H2. The van der Waals surface area contributed by atoms with Gasteiger partial charge in [0.1, 0.15) is 6.10 Å². The number of nitrogens with one attached hydrogen (secondary N) is 1. The topological polar surface area (TPSA) is 77.3 Å². The third-order valence-corrected chi connectivity index (χ3v) is 3.45. The molecule has 1 aromatic carbocycles. The number of pyridine rings is 1. The van der Waals surface area contributed by atoms with Crippen LogP contribution in [0.25, 0.3) is 10.9 Å². The van der Waals surface area contributed by atoms with Gasteiger partial charge >= 0.3 is 5.69 Å². The third kappa shape index (κ3) is 2.42. The molecule has 1 aliphatic rings. The molecule has 20 heavy (non-hydrogen) atoms. The lowest BCUT2D eigenvalue weighted by molar-refractivity contribution is -0.384. The first kappa shape index (κ1) is 12.8. The Balaban J connectivity index is 2.01. The maximum Gasteiger partial charge on any atom is 0.320 e. The highest BCUT2D eigenvalue weighted by atomic mass is 16.6. The summed E-state index contributed by atoms with van der Waals surface area (Å²) in [7, 11) is 0. The Labute approximate surface area is 115 Å². The van der Waals surface area contributed by atoms with Crippen LogP contribution in [0.1, 0.15) is 12.8 Å². The highest BCUT2D eigenvalue weighted by Crippen LogP contribution is 2.35. The van der Waals surface area contributed by atoms with Gasteiger partial charge in [0.15, 0.2) is 5.75 Å². The molecule has 0 aliphatic carbocycles. The van der Waals surface area contributed by atoms with E-state index < -0.39 is 4.92 Å². The van der Waals surface area contributed by atoms with Gasteiger partial charge in [-0.3, -0.25) is 15.1 Å². The van der Waals surface area contributed by atoms with Crippen LogP contribution in [0.4, 0.5) is 5.69 Å². The lowest BCUT2D eigenvalue weighted by atomic mass is 10.1. The molecule has 3 rings (SSSR count). The zero-order valence-corrected chi connectivity index (χ0v) is 10.9. The Kier molecular flexibility index (Phi) is 3.47. The number of fused-ring (bicyclic) bond motifs is 1. The van der Waals surface area contributed by atoms with Crippen LogP contribution in [0.15, 0.2) is 30.5 Å². The van der Waals surface area contributed by atoms with E-state index in [0.717, 1.165) is 25.9 Å². The minimum absolute atomic E-state index is 0.00109. The summed E-state index contributed by atoms with van der Waals surface area (Å²) in [5.74, 6) is 0.323. The van der Waals surface area contributed by atoms with E-state index in [1.54, 1.807) is 30.5 Å².